The van der Waals surface area contributed by atoms with Crippen LogP contribution in [0.15, 0.2) is 12.4 Å². The van der Waals surface area contributed by atoms with Crippen LogP contribution in [-0.2, 0) is 17.1 Å². The minimum atomic E-state index is -4.78. The van der Waals surface area contributed by atoms with Crippen LogP contribution in [0, 0.1) is 0 Å². The molecule has 3 heterocycles. The normalized spacial score (nSPS) is 17.9. The number of rotatable bonds is 2. The molecule has 1 saturated heterocycles. The Morgan fingerprint density at radius 3 is 2.15 bits per heavy atom. The summed E-state index contributed by atoms with van der Waals surface area (Å²) in [6.07, 6.45) is -8.46. The fourth-order valence-corrected chi connectivity index (χ4v) is 4.16. The van der Waals surface area contributed by atoms with E-state index >= 15 is 0 Å². The fourth-order valence-electron chi connectivity index (χ4n) is 3.17. The molecule has 0 unspecified atom stereocenters. The Hall–Kier alpha value is -2.64. The lowest BCUT2D eigenvalue weighted by molar-refractivity contribution is -0.145. The van der Waals surface area contributed by atoms with Gasteiger partial charge in [0.25, 0.3) is 0 Å². The summed E-state index contributed by atoms with van der Waals surface area (Å²) in [5.74, 6) is -1.40. The summed E-state index contributed by atoms with van der Waals surface area (Å²) in [5.41, 5.74) is -0.950. The fraction of sp³-hybridized carbons (Fsp3) is 0.579. The van der Waals surface area contributed by atoms with Gasteiger partial charge in [0.05, 0.1) is 0 Å². The van der Waals surface area contributed by atoms with Gasteiger partial charge in [0.1, 0.15) is 16.3 Å². The van der Waals surface area contributed by atoms with E-state index in [0.717, 1.165) is 12.4 Å². The molecule has 0 aliphatic carbocycles. The number of hydrogen-bond donors (Lipinski definition) is 0. The largest absolute Gasteiger partial charge is 0.451 e. The second-order valence-corrected chi connectivity index (χ2v) is 9.41. The van der Waals surface area contributed by atoms with Gasteiger partial charge < -0.3 is 14.5 Å². The SMILES string of the molecule is C[C@@H]1CN(c2sc(C(F)(F)F)nc2-c2cnc(C(F)(F)F)nc2)CCN1C(=O)OC(C)(C)C. The molecule has 1 atom stereocenters. The zero-order valence-corrected chi connectivity index (χ0v) is 18.9. The molecule has 182 valence electrons. The van der Waals surface area contributed by atoms with Crippen LogP contribution in [0.1, 0.15) is 38.5 Å². The summed E-state index contributed by atoms with van der Waals surface area (Å²) in [6.45, 7) is 7.42. The first kappa shape index (κ1) is 25.0. The Balaban J connectivity index is 1.90. The standard InChI is InChI=1S/C19H21F6N5O2S/c1-10-9-29(5-6-30(10)16(31)32-17(2,3)4)13-12(28-15(33-13)19(23,24)25)11-7-26-14(27-8-11)18(20,21)22/h7-8,10H,5-6,9H2,1-4H3/t10-/m1/s1. The van der Waals surface area contributed by atoms with Gasteiger partial charge in [0.2, 0.25) is 10.8 Å². The smallest absolute Gasteiger partial charge is 0.444 e. The topological polar surface area (TPSA) is 71.5 Å². The van der Waals surface area contributed by atoms with Crippen molar-refractivity contribution < 1.29 is 35.9 Å². The number of alkyl halides is 6. The summed E-state index contributed by atoms with van der Waals surface area (Å²) in [4.78, 5) is 25.6. The van der Waals surface area contributed by atoms with Gasteiger partial charge in [-0.1, -0.05) is 11.3 Å². The van der Waals surface area contributed by atoms with E-state index in [2.05, 4.69) is 15.0 Å². The Kier molecular flexibility index (Phi) is 6.52. The average molecular weight is 497 g/mol. The third-order valence-corrected chi connectivity index (χ3v) is 5.73. The number of nitrogens with zero attached hydrogens (tertiary/aromatic N) is 5. The van der Waals surface area contributed by atoms with Crippen molar-refractivity contribution in [3.63, 3.8) is 0 Å². The average Bonchev–Trinajstić information content (AvgIpc) is 3.11. The van der Waals surface area contributed by atoms with Gasteiger partial charge in [-0.2, -0.15) is 26.3 Å². The van der Waals surface area contributed by atoms with Crippen molar-refractivity contribution in [3.05, 3.63) is 23.2 Å². The molecule has 0 bridgehead atoms. The van der Waals surface area contributed by atoms with Crippen LogP contribution >= 0.6 is 11.3 Å². The highest BCUT2D eigenvalue weighted by molar-refractivity contribution is 7.16. The second-order valence-electron chi connectivity index (χ2n) is 8.43. The number of aromatic nitrogens is 3. The number of thiazole rings is 1. The molecule has 0 spiro atoms. The van der Waals surface area contributed by atoms with Crippen molar-refractivity contribution in [3.8, 4) is 11.3 Å². The lowest BCUT2D eigenvalue weighted by atomic mass is 10.1. The maximum atomic E-state index is 13.4. The molecule has 2 aromatic heterocycles. The predicted octanol–water partition coefficient (Wildman–Crippen LogP) is 5.08. The highest BCUT2D eigenvalue weighted by Crippen LogP contribution is 2.43. The molecule has 0 radical (unpaired) electrons. The molecule has 0 N–H and O–H groups in total. The molecule has 14 heteroatoms. The maximum absolute atomic E-state index is 13.4. The van der Waals surface area contributed by atoms with Gasteiger partial charge in [0, 0.05) is 43.6 Å². The van der Waals surface area contributed by atoms with E-state index < -0.39 is 40.9 Å². The van der Waals surface area contributed by atoms with Gasteiger partial charge in [-0.25, -0.2) is 19.7 Å². The van der Waals surface area contributed by atoms with Crippen molar-refractivity contribution in [2.24, 2.45) is 0 Å². The highest BCUT2D eigenvalue weighted by Gasteiger charge is 2.39. The number of halogens is 6. The molecule has 1 amide bonds. The first-order valence-corrected chi connectivity index (χ1v) is 10.6. The monoisotopic (exact) mass is 497 g/mol. The first-order valence-electron chi connectivity index (χ1n) is 9.78. The van der Waals surface area contributed by atoms with Gasteiger partial charge >= 0.3 is 18.4 Å². The molecule has 1 aliphatic rings. The zero-order chi connectivity index (χ0) is 24.8. The molecular weight excluding hydrogens is 476 g/mol. The molecule has 0 saturated carbocycles. The van der Waals surface area contributed by atoms with Crippen LogP contribution in [0.2, 0.25) is 0 Å². The summed E-state index contributed by atoms with van der Waals surface area (Å²) < 4.78 is 83.8. The van der Waals surface area contributed by atoms with Crippen LogP contribution in [0.3, 0.4) is 0 Å². The van der Waals surface area contributed by atoms with Crippen molar-refractivity contribution >= 4 is 22.4 Å². The first-order chi connectivity index (χ1) is 15.1. The third-order valence-electron chi connectivity index (χ3n) is 4.57. The molecule has 7 nitrogen and oxygen atoms in total. The Bertz CT molecular complexity index is 1000. The molecule has 1 fully saturated rings. The number of carbonyl (C=O) groups is 1. The van der Waals surface area contributed by atoms with E-state index in [1.54, 1.807) is 32.6 Å². The quantitative estimate of drug-likeness (QED) is 0.539. The Labute approximate surface area is 189 Å². The Morgan fingerprint density at radius 1 is 1.06 bits per heavy atom. The van der Waals surface area contributed by atoms with E-state index in [9.17, 15) is 31.1 Å². The zero-order valence-electron chi connectivity index (χ0n) is 18.1. The molecule has 33 heavy (non-hydrogen) atoms. The lowest BCUT2D eigenvalue weighted by Crippen LogP contribution is -2.55. The van der Waals surface area contributed by atoms with Crippen LogP contribution in [0.4, 0.5) is 36.1 Å². The molecule has 1 aliphatic heterocycles. The number of carbonyl (C=O) groups excluding carboxylic acids is 1. The van der Waals surface area contributed by atoms with Crippen molar-refractivity contribution in [2.75, 3.05) is 24.5 Å². The highest BCUT2D eigenvalue weighted by atomic mass is 32.1. The van der Waals surface area contributed by atoms with E-state index in [1.807, 2.05) is 0 Å². The van der Waals surface area contributed by atoms with Crippen molar-refractivity contribution in [2.45, 2.75) is 51.7 Å². The minimum Gasteiger partial charge on any atom is -0.444 e. The summed E-state index contributed by atoms with van der Waals surface area (Å²) in [7, 11) is 0. The van der Waals surface area contributed by atoms with Crippen LogP contribution < -0.4 is 4.90 Å². The molecular formula is C19H21F6N5O2S. The van der Waals surface area contributed by atoms with Crippen molar-refractivity contribution in [1.82, 2.24) is 19.9 Å². The van der Waals surface area contributed by atoms with Crippen LogP contribution in [0.25, 0.3) is 11.3 Å². The van der Waals surface area contributed by atoms with Crippen molar-refractivity contribution in [1.29, 1.82) is 0 Å². The molecule has 2 aromatic rings. The minimum absolute atomic E-state index is 0.0769. The van der Waals surface area contributed by atoms with Crippen LogP contribution in [-0.4, -0.2) is 57.2 Å². The van der Waals surface area contributed by atoms with Gasteiger partial charge in [-0.3, -0.25) is 0 Å². The van der Waals surface area contributed by atoms with Gasteiger partial charge in [-0.15, -0.1) is 0 Å². The summed E-state index contributed by atoms with van der Waals surface area (Å²) in [6, 6.07) is -0.401. The van der Waals surface area contributed by atoms with E-state index in [1.165, 1.54) is 4.90 Å². The van der Waals surface area contributed by atoms with Crippen LogP contribution in [0.5, 0.6) is 0 Å². The van der Waals surface area contributed by atoms with E-state index in [4.69, 9.17) is 4.74 Å². The number of piperazine rings is 1. The van der Waals surface area contributed by atoms with E-state index in [0.29, 0.717) is 11.3 Å². The summed E-state index contributed by atoms with van der Waals surface area (Å²) >= 11 is 0.377. The maximum Gasteiger partial charge on any atom is 0.451 e. The predicted molar refractivity (Wildman–Crippen MR) is 108 cm³/mol. The summed E-state index contributed by atoms with van der Waals surface area (Å²) in [5, 5.41) is -1.03. The number of anilines is 1. The van der Waals surface area contributed by atoms with E-state index in [-0.39, 0.29) is 35.9 Å². The number of ether oxygens (including phenoxy) is 1. The number of amides is 1. The number of hydrogen-bond acceptors (Lipinski definition) is 7. The second kappa shape index (κ2) is 8.61. The molecule has 0 aromatic carbocycles. The lowest BCUT2D eigenvalue weighted by Gasteiger charge is -2.40. The van der Waals surface area contributed by atoms with Gasteiger partial charge in [-0.05, 0) is 27.7 Å². The van der Waals surface area contributed by atoms with Gasteiger partial charge in [0.15, 0.2) is 0 Å². The Morgan fingerprint density at radius 2 is 1.67 bits per heavy atom. The molecule has 3 rings (SSSR count). The third kappa shape index (κ3) is 5.84.